The van der Waals surface area contributed by atoms with Gasteiger partial charge in [0.1, 0.15) is 6.61 Å². The van der Waals surface area contributed by atoms with Crippen molar-refractivity contribution < 1.29 is 14.3 Å². The molecule has 0 aliphatic heterocycles. The van der Waals surface area contributed by atoms with Crippen molar-refractivity contribution in [1.29, 1.82) is 0 Å². The first-order valence-corrected chi connectivity index (χ1v) is 6.07. The Morgan fingerprint density at radius 3 is 3.06 bits per heavy atom. The largest absolute Gasteiger partial charge is 0.464 e. The van der Waals surface area contributed by atoms with E-state index in [0.717, 1.165) is 6.54 Å². The average molecular weight is 252 g/mol. The molecule has 0 spiro atoms. The third-order valence-corrected chi connectivity index (χ3v) is 2.41. The number of nitrogens with zero attached hydrogens (tertiary/aromatic N) is 1. The molecule has 0 radical (unpaired) electrons. The molecule has 100 valence electrons. The van der Waals surface area contributed by atoms with Crippen molar-refractivity contribution >= 4 is 5.97 Å². The van der Waals surface area contributed by atoms with E-state index in [2.05, 4.69) is 17.2 Å². The summed E-state index contributed by atoms with van der Waals surface area (Å²) in [6.07, 6.45) is 3.63. The van der Waals surface area contributed by atoms with E-state index in [4.69, 9.17) is 9.47 Å². The number of aromatic nitrogens is 1. The number of hydrogen-bond acceptors (Lipinski definition) is 5. The molecule has 0 saturated heterocycles. The summed E-state index contributed by atoms with van der Waals surface area (Å²) in [5.74, 6) is -0.319. The predicted molar refractivity (Wildman–Crippen MR) is 68.1 cm³/mol. The molecule has 0 atom stereocenters. The number of nitrogens with one attached hydrogen (secondary N) is 1. The highest BCUT2D eigenvalue weighted by Gasteiger charge is 2.01. The lowest BCUT2D eigenvalue weighted by molar-refractivity contribution is -0.148. The van der Waals surface area contributed by atoms with E-state index in [1.54, 1.807) is 13.1 Å². The summed E-state index contributed by atoms with van der Waals surface area (Å²) >= 11 is 0. The summed E-state index contributed by atoms with van der Waals surface area (Å²) in [4.78, 5) is 15.0. The number of rotatable bonds is 8. The van der Waals surface area contributed by atoms with Crippen LogP contribution in [0.15, 0.2) is 18.5 Å². The molecule has 0 amide bonds. The number of carbonyl (C=O) groups is 1. The monoisotopic (exact) mass is 252 g/mol. The van der Waals surface area contributed by atoms with Crippen LogP contribution < -0.4 is 5.32 Å². The van der Waals surface area contributed by atoms with E-state index in [-0.39, 0.29) is 12.6 Å². The Bertz CT molecular complexity index is 369. The van der Waals surface area contributed by atoms with Crippen LogP contribution in [0, 0.1) is 6.92 Å². The predicted octanol–water partition coefficient (Wildman–Crippen LogP) is 1.06. The molecule has 1 aromatic rings. The Labute approximate surface area is 108 Å². The zero-order valence-corrected chi connectivity index (χ0v) is 10.9. The van der Waals surface area contributed by atoms with Crippen LogP contribution in [0.4, 0.5) is 0 Å². The maximum Gasteiger partial charge on any atom is 0.332 e. The van der Waals surface area contributed by atoms with Gasteiger partial charge >= 0.3 is 5.97 Å². The van der Waals surface area contributed by atoms with E-state index in [1.165, 1.54) is 11.1 Å². The Morgan fingerprint density at radius 2 is 2.33 bits per heavy atom. The fraction of sp³-hybridized carbons (Fsp3) is 0.538. The summed E-state index contributed by atoms with van der Waals surface area (Å²) in [5, 5.41) is 3.23. The summed E-state index contributed by atoms with van der Waals surface area (Å²) in [6, 6.07) is 1.98. The third kappa shape index (κ3) is 5.75. The Balaban J connectivity index is 2.06. The minimum atomic E-state index is -0.319. The molecule has 18 heavy (non-hydrogen) atoms. The van der Waals surface area contributed by atoms with Gasteiger partial charge in [-0.25, -0.2) is 4.79 Å². The normalized spacial score (nSPS) is 10.3. The van der Waals surface area contributed by atoms with Crippen molar-refractivity contribution in [3.63, 3.8) is 0 Å². The Morgan fingerprint density at radius 1 is 1.50 bits per heavy atom. The highest BCUT2D eigenvalue weighted by Crippen LogP contribution is 2.03. The number of carbonyl (C=O) groups excluding carboxylic acids is 1. The van der Waals surface area contributed by atoms with Gasteiger partial charge in [0.15, 0.2) is 0 Å². The summed E-state index contributed by atoms with van der Waals surface area (Å²) < 4.78 is 9.90. The van der Waals surface area contributed by atoms with Crippen molar-refractivity contribution in [3.05, 3.63) is 29.6 Å². The number of esters is 1. The van der Waals surface area contributed by atoms with Gasteiger partial charge in [0.25, 0.3) is 0 Å². The minimum absolute atomic E-state index is 0.0153. The second kappa shape index (κ2) is 8.60. The molecule has 0 unspecified atom stereocenters. The van der Waals surface area contributed by atoms with E-state index in [9.17, 15) is 4.79 Å². The quantitative estimate of drug-likeness (QED) is 0.554. The van der Waals surface area contributed by atoms with Crippen LogP contribution in [-0.4, -0.2) is 37.3 Å². The van der Waals surface area contributed by atoms with Crippen LogP contribution in [0.5, 0.6) is 0 Å². The maximum absolute atomic E-state index is 11.0. The SMILES string of the molecule is CCOC(=O)COCCNCc1cnccc1C. The molecule has 0 aliphatic rings. The third-order valence-electron chi connectivity index (χ3n) is 2.41. The van der Waals surface area contributed by atoms with Gasteiger partial charge in [-0.1, -0.05) is 0 Å². The standard InChI is InChI=1S/C13H20N2O3/c1-3-18-13(16)10-17-7-6-15-9-12-8-14-5-4-11(12)2/h4-5,8,15H,3,6-7,9-10H2,1-2H3. The molecule has 0 bridgehead atoms. The van der Waals surface area contributed by atoms with Crippen molar-refractivity contribution in [1.82, 2.24) is 10.3 Å². The van der Waals surface area contributed by atoms with E-state index in [0.29, 0.717) is 19.8 Å². The average Bonchev–Trinajstić information content (AvgIpc) is 2.36. The lowest BCUT2D eigenvalue weighted by atomic mass is 10.2. The topological polar surface area (TPSA) is 60.5 Å². The molecule has 1 aromatic heterocycles. The molecular formula is C13H20N2O3. The van der Waals surface area contributed by atoms with E-state index < -0.39 is 0 Å². The molecular weight excluding hydrogens is 232 g/mol. The van der Waals surface area contributed by atoms with E-state index >= 15 is 0 Å². The van der Waals surface area contributed by atoms with Crippen molar-refractivity contribution in [2.75, 3.05) is 26.4 Å². The number of aryl methyl sites for hydroxylation is 1. The van der Waals surface area contributed by atoms with Gasteiger partial charge in [0.2, 0.25) is 0 Å². The molecule has 0 fully saturated rings. The first-order chi connectivity index (χ1) is 8.74. The molecule has 0 aromatic carbocycles. The van der Waals surface area contributed by atoms with Crippen LogP contribution in [-0.2, 0) is 20.8 Å². The number of hydrogen-bond donors (Lipinski definition) is 1. The van der Waals surface area contributed by atoms with Crippen LogP contribution >= 0.6 is 0 Å². The van der Waals surface area contributed by atoms with Gasteiger partial charge in [-0.15, -0.1) is 0 Å². The van der Waals surface area contributed by atoms with Gasteiger partial charge in [-0.2, -0.15) is 0 Å². The number of pyridine rings is 1. The van der Waals surface area contributed by atoms with Gasteiger partial charge < -0.3 is 14.8 Å². The number of ether oxygens (including phenoxy) is 2. The zero-order chi connectivity index (χ0) is 13.2. The van der Waals surface area contributed by atoms with E-state index in [1.807, 2.05) is 12.3 Å². The summed E-state index contributed by atoms with van der Waals surface area (Å²) in [7, 11) is 0. The summed E-state index contributed by atoms with van der Waals surface area (Å²) in [5.41, 5.74) is 2.38. The highest BCUT2D eigenvalue weighted by molar-refractivity contribution is 5.70. The fourth-order valence-corrected chi connectivity index (χ4v) is 1.41. The molecule has 5 nitrogen and oxygen atoms in total. The van der Waals surface area contributed by atoms with Crippen LogP contribution in [0.25, 0.3) is 0 Å². The van der Waals surface area contributed by atoms with Crippen LogP contribution in [0.3, 0.4) is 0 Å². The van der Waals surface area contributed by atoms with Crippen molar-refractivity contribution in [3.8, 4) is 0 Å². The Hall–Kier alpha value is -1.46. The van der Waals surface area contributed by atoms with Crippen LogP contribution in [0.2, 0.25) is 0 Å². The Kier molecular flexibility index (Phi) is 6.98. The van der Waals surface area contributed by atoms with Gasteiger partial charge in [-0.05, 0) is 31.0 Å². The highest BCUT2D eigenvalue weighted by atomic mass is 16.6. The maximum atomic E-state index is 11.0. The molecule has 1 N–H and O–H groups in total. The van der Waals surface area contributed by atoms with Gasteiger partial charge in [-0.3, -0.25) is 4.98 Å². The molecule has 1 rings (SSSR count). The first-order valence-electron chi connectivity index (χ1n) is 6.07. The molecule has 0 aliphatic carbocycles. The van der Waals surface area contributed by atoms with Crippen LogP contribution in [0.1, 0.15) is 18.1 Å². The second-order valence-electron chi connectivity index (χ2n) is 3.84. The van der Waals surface area contributed by atoms with Gasteiger partial charge in [0.05, 0.1) is 13.2 Å². The molecule has 5 heteroatoms. The van der Waals surface area contributed by atoms with Gasteiger partial charge in [0, 0.05) is 25.5 Å². The smallest absolute Gasteiger partial charge is 0.332 e. The zero-order valence-electron chi connectivity index (χ0n) is 10.9. The lowest BCUT2D eigenvalue weighted by Gasteiger charge is -2.07. The fourth-order valence-electron chi connectivity index (χ4n) is 1.41. The molecule has 1 heterocycles. The lowest BCUT2D eigenvalue weighted by Crippen LogP contribution is -2.22. The molecule has 0 saturated carbocycles. The van der Waals surface area contributed by atoms with Crippen molar-refractivity contribution in [2.24, 2.45) is 0 Å². The second-order valence-corrected chi connectivity index (χ2v) is 3.84. The minimum Gasteiger partial charge on any atom is -0.464 e. The van der Waals surface area contributed by atoms with Crippen molar-refractivity contribution in [2.45, 2.75) is 20.4 Å². The first kappa shape index (κ1) is 14.6. The summed E-state index contributed by atoms with van der Waals surface area (Å²) in [6.45, 7) is 6.15.